The first-order valence-electron chi connectivity index (χ1n) is 14.2. The van der Waals surface area contributed by atoms with E-state index in [0.717, 1.165) is 38.9 Å². The third kappa shape index (κ3) is 5.58. The van der Waals surface area contributed by atoms with Gasteiger partial charge in [0.25, 0.3) is 0 Å². The molecule has 6 rings (SSSR count). The Balaban J connectivity index is 1.48. The van der Waals surface area contributed by atoms with E-state index >= 15 is 0 Å². The van der Waals surface area contributed by atoms with Crippen LogP contribution in [0.1, 0.15) is 30.5 Å². The zero-order valence-electron chi connectivity index (χ0n) is 24.3. The second-order valence-electron chi connectivity index (χ2n) is 11.4. The van der Waals surface area contributed by atoms with E-state index in [1.165, 1.54) is 0 Å². The quantitative estimate of drug-likeness (QED) is 0.0697. The maximum atomic E-state index is 13.6. The normalized spacial score (nSPS) is 16.5. The van der Waals surface area contributed by atoms with Gasteiger partial charge in [0.1, 0.15) is 24.6 Å². The average Bonchev–Trinajstić information content (AvgIpc) is 3.31. The summed E-state index contributed by atoms with van der Waals surface area (Å²) in [5.41, 5.74) is 11.8. The van der Waals surface area contributed by atoms with Gasteiger partial charge in [-0.3, -0.25) is 14.4 Å². The molecule has 0 amide bonds. The van der Waals surface area contributed by atoms with Crippen LogP contribution in [0.2, 0.25) is 0 Å². The van der Waals surface area contributed by atoms with E-state index < -0.39 is 11.3 Å². The molecule has 0 spiro atoms. The number of fused-ring (bicyclic) bond motifs is 2. The van der Waals surface area contributed by atoms with Crippen molar-refractivity contribution >= 4 is 50.8 Å². The minimum atomic E-state index is -2.42. The molecule has 10 heteroatoms. The summed E-state index contributed by atoms with van der Waals surface area (Å²) in [4.78, 5) is 21.5. The van der Waals surface area contributed by atoms with E-state index in [2.05, 4.69) is 47.8 Å². The van der Waals surface area contributed by atoms with E-state index in [4.69, 9.17) is 16.1 Å². The average molecular weight is 605 g/mol. The van der Waals surface area contributed by atoms with Crippen LogP contribution in [-0.2, 0) is 24.4 Å². The maximum Gasteiger partial charge on any atom is 0.312 e. The second kappa shape index (κ2) is 11.6. The van der Waals surface area contributed by atoms with Gasteiger partial charge in [0.05, 0.1) is 0 Å². The molecule has 1 aliphatic rings. The molecule has 0 saturated heterocycles. The van der Waals surface area contributed by atoms with Crippen LogP contribution >= 0.6 is 0 Å². The van der Waals surface area contributed by atoms with Gasteiger partial charge in [-0.15, -0.1) is 0 Å². The lowest BCUT2D eigenvalue weighted by atomic mass is 9.99. The molecule has 44 heavy (non-hydrogen) atoms. The molecule has 0 bridgehead atoms. The van der Waals surface area contributed by atoms with Crippen LogP contribution in [0.25, 0.3) is 21.9 Å². The predicted molar refractivity (Wildman–Crippen MR) is 178 cm³/mol. The number of pyridine rings is 1. The number of hydrogen-bond acceptors (Lipinski definition) is 5. The van der Waals surface area contributed by atoms with Crippen LogP contribution in [-0.4, -0.2) is 25.4 Å². The monoisotopic (exact) mass is 604 g/mol. The lowest BCUT2D eigenvalue weighted by Gasteiger charge is -2.36. The lowest BCUT2D eigenvalue weighted by molar-refractivity contribution is 0.384. The fourth-order valence-electron chi connectivity index (χ4n) is 6.19. The highest BCUT2D eigenvalue weighted by Crippen LogP contribution is 2.43. The molecule has 4 aromatic carbocycles. The first-order valence-corrected chi connectivity index (χ1v) is 15.3. The Morgan fingerprint density at radius 1 is 0.955 bits per heavy atom. The van der Waals surface area contributed by atoms with Crippen molar-refractivity contribution in [2.75, 3.05) is 4.72 Å². The molecule has 0 aliphatic carbocycles. The number of H-pyrrole nitrogens is 1. The van der Waals surface area contributed by atoms with Gasteiger partial charge < -0.3 is 20.0 Å². The summed E-state index contributed by atoms with van der Waals surface area (Å²) in [6.45, 7) is 5.15. The van der Waals surface area contributed by atoms with E-state index in [0.29, 0.717) is 35.7 Å². The SMILES string of the molecule is CC(C)C1=Nc2cc[nH]c(=O)c2[N+]1(Cc1cccc(-c2cccc(NS(=O)[O-])c2)c1)Cc1ccc2ccc(C(=N)N)cc2c1. The Kier molecular flexibility index (Phi) is 7.73. The largest absolute Gasteiger partial charge is 0.755 e. The molecule has 0 radical (unpaired) electrons. The number of nitrogen functional groups attached to an aromatic ring is 1. The summed E-state index contributed by atoms with van der Waals surface area (Å²) >= 11 is -2.42. The fourth-order valence-corrected chi connectivity index (χ4v) is 6.51. The van der Waals surface area contributed by atoms with Crippen molar-refractivity contribution in [3.05, 3.63) is 124 Å². The third-order valence-electron chi connectivity index (χ3n) is 7.98. The van der Waals surface area contributed by atoms with Crippen molar-refractivity contribution in [3.8, 4) is 11.1 Å². The van der Waals surface area contributed by atoms with Crippen LogP contribution in [0.5, 0.6) is 0 Å². The number of hydrogen-bond donors (Lipinski definition) is 4. The summed E-state index contributed by atoms with van der Waals surface area (Å²) in [7, 11) is 0. The summed E-state index contributed by atoms with van der Waals surface area (Å²) < 4.78 is 25.1. The number of amidine groups is 2. The molecule has 1 aromatic heterocycles. The van der Waals surface area contributed by atoms with Gasteiger partial charge in [-0.1, -0.05) is 68.4 Å². The molecule has 0 saturated carbocycles. The highest BCUT2D eigenvalue weighted by molar-refractivity contribution is 7.80. The van der Waals surface area contributed by atoms with Gasteiger partial charge in [-0.05, 0) is 58.3 Å². The Labute approximate surface area is 257 Å². The number of aromatic amines is 1. The first kappa shape index (κ1) is 29.2. The van der Waals surface area contributed by atoms with Gasteiger partial charge in [-0.2, -0.15) is 4.99 Å². The zero-order valence-corrected chi connectivity index (χ0v) is 25.2. The van der Waals surface area contributed by atoms with Crippen molar-refractivity contribution in [2.24, 2.45) is 16.6 Å². The molecule has 9 nitrogen and oxygen atoms in total. The van der Waals surface area contributed by atoms with Crippen LogP contribution in [0.4, 0.5) is 17.1 Å². The number of aromatic nitrogens is 1. The first-order chi connectivity index (χ1) is 21.1. The number of rotatable bonds is 9. The topological polar surface area (TPSA) is 147 Å². The minimum absolute atomic E-state index is 0.0116. The molecular weight excluding hydrogens is 572 g/mol. The highest BCUT2D eigenvalue weighted by atomic mass is 32.2. The molecule has 0 fully saturated rings. The standard InChI is InChI=1S/C34H32N6O3S/c1-21(2)33-38-30-13-14-37-34(41)31(30)40(33,20-23-9-10-24-11-12-27(32(35)36)17-28(24)16-23)19-22-5-3-6-25(15-22)26-7-4-8-29(18-26)39-44(42)43/h3-18,21,39H,19-20H2,1-2H3,(H4-,35,36,37,41,42,43). The van der Waals surface area contributed by atoms with Gasteiger partial charge in [0.15, 0.2) is 0 Å². The zero-order chi connectivity index (χ0) is 31.0. The number of aliphatic imine (C=N–C) groups is 1. The summed E-state index contributed by atoms with van der Waals surface area (Å²) in [6, 6.07) is 29.1. The van der Waals surface area contributed by atoms with Crippen LogP contribution in [0.3, 0.4) is 0 Å². The molecular formula is C34H32N6O3S. The second-order valence-corrected chi connectivity index (χ2v) is 12.1. The van der Waals surface area contributed by atoms with Crippen molar-refractivity contribution < 1.29 is 8.76 Å². The number of nitrogens with two attached hydrogens (primary N) is 1. The molecule has 2 atom stereocenters. The fraction of sp³-hybridized carbons (Fsp3) is 0.147. The summed E-state index contributed by atoms with van der Waals surface area (Å²) in [6.07, 6.45) is 1.64. The van der Waals surface area contributed by atoms with Crippen molar-refractivity contribution in [1.29, 1.82) is 5.41 Å². The molecule has 5 aromatic rings. The summed E-state index contributed by atoms with van der Waals surface area (Å²) in [5, 5.41) is 9.89. The minimum Gasteiger partial charge on any atom is -0.755 e. The van der Waals surface area contributed by atoms with Crippen molar-refractivity contribution in [3.63, 3.8) is 0 Å². The van der Waals surface area contributed by atoms with Crippen LogP contribution < -0.4 is 20.5 Å². The Hall–Kier alpha value is -4.90. The number of nitrogens with one attached hydrogen (secondary N) is 3. The smallest absolute Gasteiger partial charge is 0.312 e. The van der Waals surface area contributed by atoms with Crippen molar-refractivity contribution in [2.45, 2.75) is 26.9 Å². The number of nitrogens with zero attached hydrogens (tertiary/aromatic N) is 2. The van der Waals surface area contributed by atoms with Gasteiger partial charge in [0.2, 0.25) is 11.5 Å². The van der Waals surface area contributed by atoms with E-state index in [1.807, 2.05) is 54.6 Å². The Morgan fingerprint density at radius 2 is 1.66 bits per heavy atom. The maximum absolute atomic E-state index is 13.6. The molecule has 2 heterocycles. The van der Waals surface area contributed by atoms with Gasteiger partial charge in [0, 0.05) is 45.8 Å². The Bertz CT molecular complexity index is 2040. The molecule has 5 N–H and O–H groups in total. The van der Waals surface area contributed by atoms with Crippen LogP contribution in [0.15, 0.2) is 107 Å². The number of quaternary nitrogens is 1. The molecule has 2 unspecified atom stereocenters. The highest BCUT2D eigenvalue weighted by Gasteiger charge is 2.47. The number of anilines is 1. The molecule has 222 valence electrons. The Morgan fingerprint density at radius 3 is 2.39 bits per heavy atom. The van der Waals surface area contributed by atoms with Gasteiger partial charge in [-0.25, -0.2) is 4.48 Å². The van der Waals surface area contributed by atoms with E-state index in [1.54, 1.807) is 18.3 Å². The predicted octanol–water partition coefficient (Wildman–Crippen LogP) is 6.09. The molecule has 1 aliphatic heterocycles. The van der Waals surface area contributed by atoms with Gasteiger partial charge >= 0.3 is 5.56 Å². The lowest BCUT2D eigenvalue weighted by Crippen LogP contribution is -2.54. The van der Waals surface area contributed by atoms with Crippen molar-refractivity contribution in [1.82, 2.24) is 9.47 Å². The third-order valence-corrected chi connectivity index (χ3v) is 8.38. The van der Waals surface area contributed by atoms with E-state index in [-0.39, 0.29) is 21.8 Å². The van der Waals surface area contributed by atoms with Crippen LogP contribution in [0, 0.1) is 11.3 Å². The summed E-state index contributed by atoms with van der Waals surface area (Å²) in [5.74, 6) is 0.951. The number of benzene rings is 4. The van der Waals surface area contributed by atoms with E-state index in [9.17, 15) is 13.6 Å².